The minimum Gasteiger partial charge on any atom is -0.480 e. The highest BCUT2D eigenvalue weighted by Gasteiger charge is 2.40. The zero-order valence-electron chi connectivity index (χ0n) is 11.5. The summed E-state index contributed by atoms with van der Waals surface area (Å²) in [4.78, 5) is 10.9. The van der Waals surface area contributed by atoms with Crippen LogP contribution in [0.3, 0.4) is 0 Å². The molecule has 0 saturated carbocycles. The number of aliphatic carboxylic acids is 1. The number of hydrogen-bond acceptors (Lipinski definition) is 5. The van der Waals surface area contributed by atoms with E-state index in [4.69, 9.17) is 39.9 Å². The number of anilines is 1. The fourth-order valence-corrected chi connectivity index (χ4v) is 5.35. The van der Waals surface area contributed by atoms with E-state index in [1.165, 1.54) is 16.4 Å². The molecule has 1 heterocycles. The van der Waals surface area contributed by atoms with Crippen LogP contribution < -0.4 is 4.31 Å². The number of hydrogen-bond donors (Lipinski definition) is 3. The summed E-state index contributed by atoms with van der Waals surface area (Å²) in [7, 11) is -3.53. The second-order valence-corrected chi connectivity index (χ2v) is 8.28. The fraction of sp³-hybridized carbons (Fsp3) is 0.417. The Labute approximate surface area is 144 Å². The van der Waals surface area contributed by atoms with Crippen molar-refractivity contribution in [2.75, 3.05) is 23.9 Å². The Morgan fingerprint density at radius 1 is 1.27 bits per heavy atom. The molecular weight excluding hydrogens is 375 g/mol. The van der Waals surface area contributed by atoms with Crippen LogP contribution in [0.4, 0.5) is 5.69 Å². The van der Waals surface area contributed by atoms with Crippen LogP contribution >= 0.6 is 45.8 Å². The first-order chi connectivity index (χ1) is 10.1. The molecular formula is C12H15Cl3N2O4S. The van der Waals surface area contributed by atoms with E-state index in [-0.39, 0.29) is 34.7 Å². The van der Waals surface area contributed by atoms with Crippen LogP contribution in [0.2, 0.25) is 15.1 Å². The van der Waals surface area contributed by atoms with Gasteiger partial charge in [-0.15, -0.1) is 0 Å². The fourth-order valence-electron chi connectivity index (χ4n) is 2.32. The van der Waals surface area contributed by atoms with Gasteiger partial charge in [0.05, 0.1) is 15.7 Å². The van der Waals surface area contributed by atoms with E-state index in [1.807, 2.05) is 6.92 Å². The van der Waals surface area contributed by atoms with Gasteiger partial charge >= 0.3 is 5.97 Å². The summed E-state index contributed by atoms with van der Waals surface area (Å²) in [6, 6.07) is 2.89. The zero-order chi connectivity index (χ0) is 16.7. The first kappa shape index (κ1) is 17.9. The molecule has 1 saturated heterocycles. The van der Waals surface area contributed by atoms with E-state index >= 15 is 0 Å². The van der Waals surface area contributed by atoms with E-state index < -0.39 is 23.5 Å². The Balaban J connectivity index is 2.46. The molecule has 0 amide bonds. The highest BCUT2D eigenvalue weighted by Crippen LogP contribution is 2.55. The maximum atomic E-state index is 10.9. The molecule has 1 fully saturated rings. The van der Waals surface area contributed by atoms with Crippen molar-refractivity contribution in [3.05, 3.63) is 27.2 Å². The molecule has 10 heteroatoms. The van der Waals surface area contributed by atoms with Gasteiger partial charge in [0, 0.05) is 18.1 Å². The predicted octanol–water partition coefficient (Wildman–Crippen LogP) is 4.07. The Bertz CT molecular complexity index is 579. The largest absolute Gasteiger partial charge is 0.480 e. The van der Waals surface area contributed by atoms with Crippen LogP contribution in [-0.2, 0) is 4.79 Å². The molecule has 0 radical (unpaired) electrons. The standard InChI is InChI=1S/C12H15Cl3N2O4S/c1-7-4-16(6-11(18)19)22(20,21)17(5-7)12-9(14)2-8(13)3-10(12)15/h2-3,7,20-21H,4-6H2,1H3,(H,18,19). The summed E-state index contributed by atoms with van der Waals surface area (Å²) in [6.07, 6.45) is 0. The second-order valence-electron chi connectivity index (χ2n) is 5.09. The molecule has 1 aliphatic heterocycles. The smallest absolute Gasteiger partial charge is 0.319 e. The lowest BCUT2D eigenvalue weighted by molar-refractivity contribution is -0.137. The summed E-state index contributed by atoms with van der Waals surface area (Å²) in [6.45, 7) is 1.90. The van der Waals surface area contributed by atoms with Crippen molar-refractivity contribution in [2.24, 2.45) is 5.92 Å². The van der Waals surface area contributed by atoms with Crippen molar-refractivity contribution in [3.63, 3.8) is 0 Å². The lowest BCUT2D eigenvalue weighted by Gasteiger charge is -2.55. The van der Waals surface area contributed by atoms with Gasteiger partial charge in [-0.25, -0.2) is 0 Å². The molecule has 124 valence electrons. The van der Waals surface area contributed by atoms with Gasteiger partial charge in [-0.05, 0) is 29.0 Å². The Hall–Kier alpha value is -0.410. The number of carbonyl (C=O) groups is 1. The average Bonchev–Trinajstić information content (AvgIpc) is 2.33. The maximum Gasteiger partial charge on any atom is 0.319 e. The normalized spacial score (nSPS) is 23.4. The molecule has 0 aromatic heterocycles. The molecule has 1 aromatic rings. The summed E-state index contributed by atoms with van der Waals surface area (Å²) < 4.78 is 23.4. The van der Waals surface area contributed by atoms with Crippen LogP contribution in [0.25, 0.3) is 0 Å². The summed E-state index contributed by atoms with van der Waals surface area (Å²) in [5.41, 5.74) is 0.231. The van der Waals surface area contributed by atoms with Crippen molar-refractivity contribution in [2.45, 2.75) is 6.92 Å². The molecule has 3 N–H and O–H groups in total. The van der Waals surface area contributed by atoms with Gasteiger partial charge in [-0.3, -0.25) is 18.2 Å². The quantitative estimate of drug-likeness (QED) is 0.722. The minimum absolute atomic E-state index is 0.0120. The minimum atomic E-state index is -3.53. The first-order valence-corrected chi connectivity index (χ1v) is 8.89. The Morgan fingerprint density at radius 3 is 2.32 bits per heavy atom. The highest BCUT2D eigenvalue weighted by molar-refractivity contribution is 8.23. The number of carboxylic acid groups (broad SMARTS) is 1. The molecule has 0 bridgehead atoms. The van der Waals surface area contributed by atoms with Crippen LogP contribution in [0.1, 0.15) is 6.92 Å². The Kier molecular flexibility index (Phi) is 5.38. The van der Waals surface area contributed by atoms with Crippen LogP contribution in [0, 0.1) is 5.92 Å². The number of halogens is 3. The second kappa shape index (κ2) is 6.60. The summed E-state index contributed by atoms with van der Waals surface area (Å²) >= 11 is 18.1. The lowest BCUT2D eigenvalue weighted by Crippen LogP contribution is -2.51. The van der Waals surface area contributed by atoms with Gasteiger partial charge in [0.25, 0.3) is 0 Å². The van der Waals surface area contributed by atoms with Crippen LogP contribution in [-0.4, -0.2) is 44.1 Å². The average molecular weight is 390 g/mol. The molecule has 22 heavy (non-hydrogen) atoms. The molecule has 0 spiro atoms. The highest BCUT2D eigenvalue weighted by atomic mass is 35.5. The predicted molar refractivity (Wildman–Crippen MR) is 90.0 cm³/mol. The van der Waals surface area contributed by atoms with Crippen LogP contribution in [0.5, 0.6) is 0 Å². The van der Waals surface area contributed by atoms with E-state index in [2.05, 4.69) is 0 Å². The SMILES string of the molecule is CC1CN(CC(=O)O)S(O)(O)N(c2c(Cl)cc(Cl)cc2Cl)C1. The van der Waals surface area contributed by atoms with Crippen molar-refractivity contribution in [3.8, 4) is 0 Å². The third kappa shape index (κ3) is 3.56. The number of benzene rings is 1. The monoisotopic (exact) mass is 388 g/mol. The third-order valence-corrected chi connectivity index (χ3v) is 5.87. The van der Waals surface area contributed by atoms with Crippen molar-refractivity contribution >= 4 is 57.4 Å². The molecule has 1 aromatic carbocycles. The van der Waals surface area contributed by atoms with Gasteiger partial charge < -0.3 is 5.11 Å². The molecule has 1 aliphatic rings. The molecule has 2 rings (SSSR count). The van der Waals surface area contributed by atoms with Crippen molar-refractivity contribution in [1.29, 1.82) is 0 Å². The molecule has 0 aliphatic carbocycles. The van der Waals surface area contributed by atoms with Gasteiger partial charge in [0.2, 0.25) is 0 Å². The molecule has 1 atom stereocenters. The topological polar surface area (TPSA) is 84.2 Å². The van der Waals surface area contributed by atoms with E-state index in [1.54, 1.807) is 0 Å². The van der Waals surface area contributed by atoms with E-state index in [9.17, 15) is 13.9 Å². The maximum absolute atomic E-state index is 10.9. The zero-order valence-corrected chi connectivity index (χ0v) is 14.6. The number of rotatable bonds is 3. The van der Waals surface area contributed by atoms with E-state index in [0.717, 1.165) is 4.31 Å². The Morgan fingerprint density at radius 2 is 1.82 bits per heavy atom. The summed E-state index contributed by atoms with van der Waals surface area (Å²) in [5, 5.41) is 9.61. The number of carboxylic acids is 1. The van der Waals surface area contributed by atoms with Gasteiger partial charge in [-0.1, -0.05) is 41.7 Å². The summed E-state index contributed by atoms with van der Waals surface area (Å²) in [5.74, 6) is -1.16. The lowest BCUT2D eigenvalue weighted by atomic mass is 10.1. The van der Waals surface area contributed by atoms with Gasteiger partial charge in [-0.2, -0.15) is 4.31 Å². The van der Waals surface area contributed by atoms with Crippen molar-refractivity contribution in [1.82, 2.24) is 4.31 Å². The first-order valence-electron chi connectivity index (χ1n) is 6.30. The number of nitrogens with zero attached hydrogens (tertiary/aromatic N) is 2. The molecule has 1 unspecified atom stereocenters. The third-order valence-electron chi connectivity index (χ3n) is 3.18. The molecule has 6 nitrogen and oxygen atoms in total. The van der Waals surface area contributed by atoms with E-state index in [0.29, 0.717) is 5.02 Å². The van der Waals surface area contributed by atoms with Gasteiger partial charge in [0.15, 0.2) is 0 Å². The van der Waals surface area contributed by atoms with Crippen molar-refractivity contribution < 1.29 is 19.0 Å². The van der Waals surface area contributed by atoms with Gasteiger partial charge in [0.1, 0.15) is 6.54 Å². The van der Waals surface area contributed by atoms with Crippen LogP contribution in [0.15, 0.2) is 12.1 Å².